The average Bonchev–Trinajstić information content (AvgIpc) is 3.44. The van der Waals surface area contributed by atoms with Gasteiger partial charge in [-0.3, -0.25) is 0 Å². The second-order valence-electron chi connectivity index (χ2n) is 10.2. The van der Waals surface area contributed by atoms with Crippen LogP contribution in [0.3, 0.4) is 0 Å². The lowest BCUT2D eigenvalue weighted by Crippen LogP contribution is -2.29. The van der Waals surface area contributed by atoms with Gasteiger partial charge < -0.3 is 4.40 Å². The van der Waals surface area contributed by atoms with Gasteiger partial charge in [-0.15, -0.1) is 0 Å². The lowest BCUT2D eigenvalue weighted by Gasteiger charge is -2.16. The fraction of sp³-hybridized carbons (Fsp3) is 0.300. The molecule has 2 nitrogen and oxygen atoms in total. The van der Waals surface area contributed by atoms with Gasteiger partial charge in [-0.25, -0.2) is 4.57 Å². The fourth-order valence-electron chi connectivity index (χ4n) is 6.60. The molecule has 158 valence electrons. The third-order valence-corrected chi connectivity index (χ3v) is 8.38. The predicted molar refractivity (Wildman–Crippen MR) is 135 cm³/mol. The van der Waals surface area contributed by atoms with Crippen molar-refractivity contribution in [2.45, 2.75) is 52.4 Å². The van der Waals surface area contributed by atoms with Crippen LogP contribution in [0.25, 0.3) is 49.0 Å². The van der Waals surface area contributed by atoms with Crippen molar-refractivity contribution >= 4 is 49.0 Å². The van der Waals surface area contributed by atoms with Gasteiger partial charge in [0.15, 0.2) is 6.20 Å². The van der Waals surface area contributed by atoms with Gasteiger partial charge in [0.05, 0.1) is 27.3 Å². The molecule has 7 rings (SSSR count). The van der Waals surface area contributed by atoms with Crippen LogP contribution in [0.1, 0.15) is 53.9 Å². The summed E-state index contributed by atoms with van der Waals surface area (Å²) in [4.78, 5) is 0. The zero-order valence-electron chi connectivity index (χ0n) is 19.4. The summed E-state index contributed by atoms with van der Waals surface area (Å²) in [7, 11) is 2.20. The molecule has 1 saturated carbocycles. The van der Waals surface area contributed by atoms with Gasteiger partial charge in [-0.1, -0.05) is 37.1 Å². The van der Waals surface area contributed by atoms with Crippen LogP contribution in [0.4, 0.5) is 0 Å². The maximum Gasteiger partial charge on any atom is 0.224 e. The minimum atomic E-state index is 0.702. The second kappa shape index (κ2) is 6.22. The first kappa shape index (κ1) is 18.4. The molecule has 0 N–H and O–H groups in total. The summed E-state index contributed by atoms with van der Waals surface area (Å²) in [6.45, 7) is 6.79. The lowest BCUT2D eigenvalue weighted by molar-refractivity contribution is -0.643. The summed E-state index contributed by atoms with van der Waals surface area (Å²) in [5.74, 6) is 0.702. The molecule has 0 unspecified atom stereocenters. The van der Waals surface area contributed by atoms with Crippen molar-refractivity contribution in [2.75, 3.05) is 0 Å². The Morgan fingerprint density at radius 3 is 2.41 bits per heavy atom. The Morgan fingerprint density at radius 2 is 1.59 bits per heavy atom. The van der Waals surface area contributed by atoms with E-state index in [0.717, 1.165) is 0 Å². The highest BCUT2D eigenvalue weighted by Gasteiger charge is 2.26. The van der Waals surface area contributed by atoms with E-state index in [2.05, 4.69) is 85.4 Å². The van der Waals surface area contributed by atoms with Crippen molar-refractivity contribution in [3.63, 3.8) is 0 Å². The monoisotopic (exact) mass is 417 g/mol. The van der Waals surface area contributed by atoms with Gasteiger partial charge in [0.2, 0.25) is 5.52 Å². The Bertz CT molecular complexity index is 1710. The molecule has 32 heavy (non-hydrogen) atoms. The molecule has 0 amide bonds. The molecule has 6 aromatic rings. The Hall–Kier alpha value is -3.13. The lowest BCUT2D eigenvalue weighted by atomic mass is 9.92. The average molecular weight is 418 g/mol. The number of rotatable bonds is 1. The molecule has 3 aromatic carbocycles. The molecule has 0 bridgehead atoms. The normalized spacial score (nSPS) is 15.5. The molecule has 1 fully saturated rings. The van der Waals surface area contributed by atoms with Crippen LogP contribution >= 0.6 is 0 Å². The van der Waals surface area contributed by atoms with Crippen LogP contribution < -0.4 is 4.57 Å². The minimum absolute atomic E-state index is 0.702. The van der Waals surface area contributed by atoms with E-state index in [1.54, 1.807) is 0 Å². The maximum atomic E-state index is 2.59. The zero-order valence-corrected chi connectivity index (χ0v) is 19.4. The van der Waals surface area contributed by atoms with E-state index in [9.17, 15) is 0 Å². The summed E-state index contributed by atoms with van der Waals surface area (Å²) in [6.07, 6.45) is 7.64. The molecule has 1 aliphatic carbocycles. The summed E-state index contributed by atoms with van der Waals surface area (Å²) >= 11 is 0. The zero-order chi connectivity index (χ0) is 21.7. The molecule has 3 heterocycles. The number of hydrogen-bond donors (Lipinski definition) is 0. The molecule has 3 aromatic heterocycles. The van der Waals surface area contributed by atoms with E-state index in [-0.39, 0.29) is 0 Å². The van der Waals surface area contributed by atoms with Crippen molar-refractivity contribution in [1.29, 1.82) is 0 Å². The molecule has 0 aliphatic heterocycles. The maximum absolute atomic E-state index is 2.59. The number of pyridine rings is 2. The van der Waals surface area contributed by atoms with Crippen molar-refractivity contribution < 1.29 is 4.57 Å². The second-order valence-corrected chi connectivity index (χ2v) is 10.2. The fourth-order valence-corrected chi connectivity index (χ4v) is 6.60. The van der Waals surface area contributed by atoms with Crippen LogP contribution in [0.15, 0.2) is 48.7 Å². The Labute approximate surface area is 188 Å². The van der Waals surface area contributed by atoms with Crippen LogP contribution in [-0.4, -0.2) is 4.40 Å². The van der Waals surface area contributed by atoms with Crippen LogP contribution in [0, 0.1) is 20.8 Å². The summed E-state index contributed by atoms with van der Waals surface area (Å²) in [5.41, 5.74) is 11.1. The first-order valence-corrected chi connectivity index (χ1v) is 12.1. The van der Waals surface area contributed by atoms with Gasteiger partial charge in [0, 0.05) is 16.8 Å². The standard InChI is InChI=1S/C30H29N2/c1-17-10-12-24-27(19(17)3)23-11-9-18(2)26-29(23)32(24)25-16-22(20-7-5-6-8-20)15-21-13-14-31(4)30(26)28(21)25/h9-16,20H,5-8H2,1-4H3/q+1. The first-order valence-electron chi connectivity index (χ1n) is 12.1. The molecular formula is C30H29N2+. The van der Waals surface area contributed by atoms with Gasteiger partial charge in [0.1, 0.15) is 7.05 Å². The van der Waals surface area contributed by atoms with E-state index in [0.29, 0.717) is 5.92 Å². The quantitative estimate of drug-likeness (QED) is 0.150. The third kappa shape index (κ3) is 2.18. The Balaban J connectivity index is 1.84. The highest BCUT2D eigenvalue weighted by molar-refractivity contribution is 6.26. The minimum Gasteiger partial charge on any atom is -0.307 e. The molecule has 0 saturated heterocycles. The predicted octanol–water partition coefficient (Wildman–Crippen LogP) is 7.40. The molecule has 0 radical (unpaired) electrons. The molecule has 0 spiro atoms. The number of aryl methyl sites for hydroxylation is 4. The van der Waals surface area contributed by atoms with Gasteiger partial charge in [-0.05, 0) is 79.3 Å². The topological polar surface area (TPSA) is 8.29 Å². The van der Waals surface area contributed by atoms with E-state index in [1.807, 2.05) is 0 Å². The number of aromatic nitrogens is 2. The Kier molecular flexibility index (Phi) is 3.59. The van der Waals surface area contributed by atoms with E-state index >= 15 is 0 Å². The van der Waals surface area contributed by atoms with Crippen molar-refractivity contribution in [2.24, 2.45) is 7.05 Å². The first-order chi connectivity index (χ1) is 15.5. The SMILES string of the molecule is Cc1ccc2c(c1C)c1ccc(C)c3c1n2c1cc(C2CCCC2)cc2cc[n+](C)c3c21. The molecular weight excluding hydrogens is 388 g/mol. The van der Waals surface area contributed by atoms with Crippen LogP contribution in [0.2, 0.25) is 0 Å². The summed E-state index contributed by atoms with van der Waals surface area (Å²) in [5, 5.41) is 6.97. The molecule has 0 atom stereocenters. The number of hydrogen-bond acceptors (Lipinski definition) is 0. The summed E-state index contributed by atoms with van der Waals surface area (Å²) in [6, 6.07) is 16.7. The van der Waals surface area contributed by atoms with E-state index in [1.165, 1.54) is 96.9 Å². The van der Waals surface area contributed by atoms with E-state index < -0.39 is 0 Å². The Morgan fingerprint density at radius 1 is 0.812 bits per heavy atom. The van der Waals surface area contributed by atoms with Gasteiger partial charge in [0.25, 0.3) is 0 Å². The van der Waals surface area contributed by atoms with Crippen LogP contribution in [-0.2, 0) is 7.05 Å². The number of benzene rings is 3. The molecule has 2 heteroatoms. The van der Waals surface area contributed by atoms with Gasteiger partial charge >= 0.3 is 0 Å². The smallest absolute Gasteiger partial charge is 0.224 e. The van der Waals surface area contributed by atoms with Crippen LogP contribution in [0.5, 0.6) is 0 Å². The third-order valence-electron chi connectivity index (χ3n) is 8.38. The largest absolute Gasteiger partial charge is 0.307 e. The van der Waals surface area contributed by atoms with E-state index in [4.69, 9.17) is 0 Å². The number of nitrogens with zero attached hydrogens (tertiary/aromatic N) is 2. The summed E-state index contributed by atoms with van der Waals surface area (Å²) < 4.78 is 4.93. The highest BCUT2D eigenvalue weighted by Crippen LogP contribution is 2.44. The molecule has 1 aliphatic rings. The highest BCUT2D eigenvalue weighted by atomic mass is 15.0. The van der Waals surface area contributed by atoms with Crippen molar-refractivity contribution in [1.82, 2.24) is 4.40 Å². The van der Waals surface area contributed by atoms with Gasteiger partial charge in [-0.2, -0.15) is 0 Å². The number of fused-ring (bicyclic) bond motifs is 5. The van der Waals surface area contributed by atoms with Crippen molar-refractivity contribution in [3.8, 4) is 0 Å². The van der Waals surface area contributed by atoms with Crippen molar-refractivity contribution in [3.05, 3.63) is 70.9 Å².